The molecule has 78 valence electrons. The first kappa shape index (κ1) is 12.4. The number of rotatable bonds is 4. The number of hydrogen-bond acceptors (Lipinski definition) is 3. The fourth-order valence-electron chi connectivity index (χ4n) is 1.09. The van der Waals surface area contributed by atoms with Gasteiger partial charge in [0.2, 0.25) is 0 Å². The van der Waals surface area contributed by atoms with E-state index in [1.54, 1.807) is 0 Å². The van der Waals surface area contributed by atoms with Crippen LogP contribution in [0.2, 0.25) is 0 Å². The van der Waals surface area contributed by atoms with Crippen molar-refractivity contribution in [2.24, 2.45) is 11.1 Å². The highest BCUT2D eigenvalue weighted by atomic mass is 16.4. The highest BCUT2D eigenvalue weighted by Crippen LogP contribution is 2.22. The van der Waals surface area contributed by atoms with Crippen molar-refractivity contribution < 1.29 is 15.0 Å². The van der Waals surface area contributed by atoms with E-state index in [1.807, 2.05) is 20.8 Å². The summed E-state index contributed by atoms with van der Waals surface area (Å²) in [6.07, 6.45) is -0.339. The van der Waals surface area contributed by atoms with E-state index in [2.05, 4.69) is 0 Å². The molecule has 0 heterocycles. The van der Waals surface area contributed by atoms with E-state index >= 15 is 0 Å². The Bertz CT molecular complexity index is 174. The molecule has 0 bridgehead atoms. The van der Waals surface area contributed by atoms with Gasteiger partial charge in [-0.1, -0.05) is 20.8 Å². The van der Waals surface area contributed by atoms with Gasteiger partial charge in [0, 0.05) is 12.5 Å². The summed E-state index contributed by atoms with van der Waals surface area (Å²) in [4.78, 5) is 10.2. The molecule has 0 aromatic rings. The first-order chi connectivity index (χ1) is 5.75. The van der Waals surface area contributed by atoms with E-state index in [4.69, 9.17) is 10.8 Å². The number of nitrogens with two attached hydrogens (primary N) is 1. The quantitative estimate of drug-likeness (QED) is 0.604. The summed E-state index contributed by atoms with van der Waals surface area (Å²) in [5.41, 5.74) is 5.34. The predicted octanol–water partition coefficient (Wildman–Crippen LogP) is 0.585. The zero-order chi connectivity index (χ0) is 10.6. The standard InChI is InChI=1S/C9H19NO3/c1-9(2,3)8(13)6(10)4-5-7(11)12/h6,8,13H,4-5,10H2,1-3H3,(H,11,12)/t6-,8?/m1/s1. The predicted molar refractivity (Wildman–Crippen MR) is 50.3 cm³/mol. The summed E-state index contributed by atoms with van der Waals surface area (Å²) in [5.74, 6) is -0.878. The van der Waals surface area contributed by atoms with Crippen molar-refractivity contribution in [2.45, 2.75) is 45.8 Å². The molecule has 4 N–H and O–H groups in total. The number of carbonyl (C=O) groups is 1. The number of aliphatic carboxylic acids is 1. The van der Waals surface area contributed by atoms with Gasteiger partial charge >= 0.3 is 5.97 Å². The normalized spacial score (nSPS) is 16.7. The van der Waals surface area contributed by atoms with Crippen molar-refractivity contribution in [3.8, 4) is 0 Å². The van der Waals surface area contributed by atoms with Gasteiger partial charge in [0.05, 0.1) is 6.10 Å². The third-order valence-electron chi connectivity index (χ3n) is 1.98. The summed E-state index contributed by atoms with van der Waals surface area (Å²) in [6.45, 7) is 5.62. The molecule has 0 saturated heterocycles. The van der Waals surface area contributed by atoms with Gasteiger partial charge in [-0.25, -0.2) is 0 Å². The Morgan fingerprint density at radius 3 is 2.23 bits per heavy atom. The summed E-state index contributed by atoms with van der Waals surface area (Å²) in [5, 5.41) is 18.1. The summed E-state index contributed by atoms with van der Waals surface area (Å²) < 4.78 is 0. The first-order valence-electron chi connectivity index (χ1n) is 4.40. The van der Waals surface area contributed by atoms with Crippen LogP contribution in [0, 0.1) is 5.41 Å². The molecule has 4 heteroatoms. The molecular formula is C9H19NO3. The van der Waals surface area contributed by atoms with Crippen molar-refractivity contribution in [2.75, 3.05) is 0 Å². The van der Waals surface area contributed by atoms with Crippen LogP contribution in [0.3, 0.4) is 0 Å². The molecule has 13 heavy (non-hydrogen) atoms. The number of carboxylic acid groups (broad SMARTS) is 1. The van der Waals surface area contributed by atoms with Crippen molar-refractivity contribution in [3.05, 3.63) is 0 Å². The Balaban J connectivity index is 3.97. The second kappa shape index (κ2) is 4.58. The van der Waals surface area contributed by atoms with Gasteiger partial charge in [-0.3, -0.25) is 4.79 Å². The molecule has 4 nitrogen and oxygen atoms in total. The van der Waals surface area contributed by atoms with Gasteiger partial charge in [-0.05, 0) is 11.8 Å². The molecule has 0 aromatic heterocycles. The van der Waals surface area contributed by atoms with E-state index in [9.17, 15) is 9.90 Å². The Morgan fingerprint density at radius 2 is 1.92 bits per heavy atom. The monoisotopic (exact) mass is 189 g/mol. The lowest BCUT2D eigenvalue weighted by atomic mass is 9.83. The van der Waals surface area contributed by atoms with Crippen LogP contribution in [0.5, 0.6) is 0 Å². The molecule has 0 radical (unpaired) electrons. The van der Waals surface area contributed by atoms with Crippen LogP contribution in [0.4, 0.5) is 0 Å². The maximum atomic E-state index is 10.2. The maximum Gasteiger partial charge on any atom is 0.303 e. The number of carboxylic acids is 1. The molecule has 0 aromatic carbocycles. The number of aliphatic hydroxyl groups excluding tert-OH is 1. The van der Waals surface area contributed by atoms with E-state index in [0.717, 1.165) is 0 Å². The topological polar surface area (TPSA) is 83.5 Å². The molecule has 0 saturated carbocycles. The maximum absolute atomic E-state index is 10.2. The van der Waals surface area contributed by atoms with E-state index in [-0.39, 0.29) is 11.8 Å². The summed E-state index contributed by atoms with van der Waals surface area (Å²) >= 11 is 0. The molecule has 0 rings (SSSR count). The Labute approximate surface area is 78.7 Å². The lowest BCUT2D eigenvalue weighted by Gasteiger charge is -2.30. The van der Waals surface area contributed by atoms with Crippen molar-refractivity contribution >= 4 is 5.97 Å². The largest absolute Gasteiger partial charge is 0.481 e. The van der Waals surface area contributed by atoms with Crippen LogP contribution in [0.25, 0.3) is 0 Å². The van der Waals surface area contributed by atoms with Gasteiger partial charge in [0.15, 0.2) is 0 Å². The minimum atomic E-state index is -0.878. The van der Waals surface area contributed by atoms with Crippen molar-refractivity contribution in [1.82, 2.24) is 0 Å². The van der Waals surface area contributed by atoms with Crippen LogP contribution < -0.4 is 5.73 Å². The van der Waals surface area contributed by atoms with Crippen molar-refractivity contribution in [3.63, 3.8) is 0 Å². The van der Waals surface area contributed by atoms with Gasteiger partial charge in [0.25, 0.3) is 0 Å². The van der Waals surface area contributed by atoms with E-state index in [1.165, 1.54) is 0 Å². The molecule has 0 aliphatic rings. The molecule has 0 spiro atoms. The molecular weight excluding hydrogens is 170 g/mol. The minimum Gasteiger partial charge on any atom is -0.481 e. The molecule has 0 fully saturated rings. The Hall–Kier alpha value is -0.610. The average molecular weight is 189 g/mol. The fourth-order valence-corrected chi connectivity index (χ4v) is 1.09. The van der Waals surface area contributed by atoms with E-state index in [0.29, 0.717) is 6.42 Å². The highest BCUT2D eigenvalue weighted by Gasteiger charge is 2.27. The Kier molecular flexibility index (Phi) is 4.36. The third kappa shape index (κ3) is 4.85. The minimum absolute atomic E-state index is 0.00824. The molecule has 0 amide bonds. The highest BCUT2D eigenvalue weighted by molar-refractivity contribution is 5.66. The molecule has 0 aliphatic heterocycles. The van der Waals surface area contributed by atoms with Gasteiger partial charge in [-0.15, -0.1) is 0 Å². The third-order valence-corrected chi connectivity index (χ3v) is 1.98. The van der Waals surface area contributed by atoms with Crippen LogP contribution in [-0.4, -0.2) is 28.3 Å². The Morgan fingerprint density at radius 1 is 1.46 bits per heavy atom. The van der Waals surface area contributed by atoms with Crippen LogP contribution in [-0.2, 0) is 4.79 Å². The van der Waals surface area contributed by atoms with Gasteiger partial charge in [-0.2, -0.15) is 0 Å². The smallest absolute Gasteiger partial charge is 0.303 e. The summed E-state index contributed by atoms with van der Waals surface area (Å²) in [7, 11) is 0. The van der Waals surface area contributed by atoms with Crippen LogP contribution in [0.1, 0.15) is 33.6 Å². The average Bonchev–Trinajstić information content (AvgIpc) is 1.96. The van der Waals surface area contributed by atoms with E-state index < -0.39 is 18.1 Å². The number of aliphatic hydroxyl groups is 1. The number of hydrogen-bond donors (Lipinski definition) is 3. The fraction of sp³-hybridized carbons (Fsp3) is 0.889. The zero-order valence-electron chi connectivity index (χ0n) is 8.45. The SMILES string of the molecule is CC(C)(C)C(O)[C@H](N)CCC(=O)O. The van der Waals surface area contributed by atoms with Gasteiger partial charge < -0.3 is 15.9 Å². The second-order valence-electron chi connectivity index (χ2n) is 4.41. The molecule has 0 aliphatic carbocycles. The second-order valence-corrected chi connectivity index (χ2v) is 4.41. The first-order valence-corrected chi connectivity index (χ1v) is 4.40. The van der Waals surface area contributed by atoms with Crippen LogP contribution in [0.15, 0.2) is 0 Å². The molecule has 1 unspecified atom stereocenters. The van der Waals surface area contributed by atoms with Gasteiger partial charge in [0.1, 0.15) is 0 Å². The lowest BCUT2D eigenvalue weighted by molar-refractivity contribution is -0.137. The van der Waals surface area contributed by atoms with Crippen molar-refractivity contribution in [1.29, 1.82) is 0 Å². The lowest BCUT2D eigenvalue weighted by Crippen LogP contribution is -2.43. The molecule has 2 atom stereocenters. The zero-order valence-corrected chi connectivity index (χ0v) is 8.45. The van der Waals surface area contributed by atoms with Crippen LogP contribution >= 0.6 is 0 Å². The summed E-state index contributed by atoms with van der Waals surface area (Å²) in [6, 6.07) is -0.462.